The first-order valence-electron chi connectivity index (χ1n) is 9.18. The normalized spacial score (nSPS) is 11.1. The average molecular weight is 387 g/mol. The zero-order chi connectivity index (χ0) is 19.5. The highest BCUT2D eigenvalue weighted by Crippen LogP contribution is 2.10. The van der Waals surface area contributed by atoms with Crippen LogP contribution in [0.5, 0.6) is 0 Å². The molecule has 0 saturated carbocycles. The Bertz CT molecular complexity index is 776. The second kappa shape index (κ2) is 11.2. The second-order valence-electron chi connectivity index (χ2n) is 6.19. The number of nitrogens with one attached hydrogen (secondary N) is 3. The van der Waals surface area contributed by atoms with Crippen LogP contribution >= 0.6 is 11.6 Å². The largest absolute Gasteiger partial charge is 0.356 e. The van der Waals surface area contributed by atoms with E-state index in [1.165, 1.54) is 5.56 Å². The van der Waals surface area contributed by atoms with Crippen LogP contribution < -0.4 is 16.0 Å². The van der Waals surface area contributed by atoms with Gasteiger partial charge in [-0.25, -0.2) is 0 Å². The number of rotatable bonds is 8. The topological polar surface area (TPSA) is 65.5 Å². The van der Waals surface area contributed by atoms with Crippen molar-refractivity contribution < 1.29 is 4.79 Å². The van der Waals surface area contributed by atoms with Crippen molar-refractivity contribution in [2.45, 2.75) is 26.3 Å². The van der Waals surface area contributed by atoms with Gasteiger partial charge in [0.15, 0.2) is 5.96 Å². The van der Waals surface area contributed by atoms with Gasteiger partial charge in [-0.15, -0.1) is 0 Å². The number of nitrogens with zero attached hydrogens (tertiary/aromatic N) is 1. The highest BCUT2D eigenvalue weighted by Gasteiger charge is 2.06. The number of carbonyl (C=O) groups is 1. The molecule has 0 spiro atoms. The van der Waals surface area contributed by atoms with E-state index in [-0.39, 0.29) is 5.91 Å². The van der Waals surface area contributed by atoms with E-state index in [1.807, 2.05) is 49.4 Å². The predicted octanol–water partition coefficient (Wildman–Crippen LogP) is 3.39. The number of aliphatic imine (C=N–C) groups is 1. The van der Waals surface area contributed by atoms with Gasteiger partial charge in [0.2, 0.25) is 0 Å². The first-order chi connectivity index (χ1) is 13.1. The molecule has 2 aromatic rings. The van der Waals surface area contributed by atoms with Crippen LogP contribution in [0.25, 0.3) is 0 Å². The maximum atomic E-state index is 12.1. The highest BCUT2D eigenvalue weighted by atomic mass is 35.5. The zero-order valence-electron chi connectivity index (χ0n) is 15.9. The number of halogens is 1. The fourth-order valence-corrected chi connectivity index (χ4v) is 2.80. The van der Waals surface area contributed by atoms with E-state index in [9.17, 15) is 4.79 Å². The third-order valence-corrected chi connectivity index (χ3v) is 4.24. The summed E-state index contributed by atoms with van der Waals surface area (Å²) in [6, 6.07) is 15.5. The Hall–Kier alpha value is -2.53. The molecule has 0 aliphatic rings. The summed E-state index contributed by atoms with van der Waals surface area (Å²) in [6.07, 6.45) is 1.78. The van der Waals surface area contributed by atoms with Crippen molar-refractivity contribution in [1.82, 2.24) is 16.0 Å². The van der Waals surface area contributed by atoms with E-state index in [1.54, 1.807) is 7.05 Å². The lowest BCUT2D eigenvalue weighted by Gasteiger charge is -2.13. The van der Waals surface area contributed by atoms with Gasteiger partial charge in [-0.1, -0.05) is 42.8 Å². The lowest BCUT2D eigenvalue weighted by Crippen LogP contribution is -2.37. The van der Waals surface area contributed by atoms with Crippen LogP contribution in [0.4, 0.5) is 0 Å². The number of amides is 1. The lowest BCUT2D eigenvalue weighted by molar-refractivity contribution is 0.0953. The van der Waals surface area contributed by atoms with Gasteiger partial charge in [-0.2, -0.15) is 0 Å². The minimum Gasteiger partial charge on any atom is -0.356 e. The van der Waals surface area contributed by atoms with Crippen molar-refractivity contribution in [1.29, 1.82) is 0 Å². The number of hydrogen-bond acceptors (Lipinski definition) is 2. The van der Waals surface area contributed by atoms with Gasteiger partial charge < -0.3 is 16.0 Å². The maximum Gasteiger partial charge on any atom is 0.251 e. The molecule has 0 heterocycles. The van der Waals surface area contributed by atoms with Crippen LogP contribution in [0.15, 0.2) is 53.5 Å². The third kappa shape index (κ3) is 7.31. The SMILES string of the molecule is CCCNC(=O)c1cccc(CNC(=NC)NCCc2cccc(Cl)c2)c1. The van der Waals surface area contributed by atoms with Gasteiger partial charge in [0, 0.05) is 37.3 Å². The third-order valence-electron chi connectivity index (χ3n) is 4.00. The molecule has 0 aliphatic carbocycles. The molecular formula is C21H27ClN4O. The summed E-state index contributed by atoms with van der Waals surface area (Å²) < 4.78 is 0. The Morgan fingerprint density at radius 3 is 2.52 bits per heavy atom. The van der Waals surface area contributed by atoms with Gasteiger partial charge >= 0.3 is 0 Å². The van der Waals surface area contributed by atoms with E-state index < -0.39 is 0 Å². The van der Waals surface area contributed by atoms with Crippen LogP contribution in [0, 0.1) is 0 Å². The first kappa shape index (κ1) is 20.8. The van der Waals surface area contributed by atoms with Crippen molar-refractivity contribution in [2.75, 3.05) is 20.1 Å². The monoisotopic (exact) mass is 386 g/mol. The van der Waals surface area contributed by atoms with E-state index >= 15 is 0 Å². The molecular weight excluding hydrogens is 360 g/mol. The zero-order valence-corrected chi connectivity index (χ0v) is 16.6. The van der Waals surface area contributed by atoms with Crippen LogP contribution in [-0.4, -0.2) is 32.0 Å². The molecule has 0 aliphatic heterocycles. The quantitative estimate of drug-likeness (QED) is 0.481. The molecule has 0 atom stereocenters. The van der Waals surface area contributed by atoms with Crippen LogP contribution in [0.2, 0.25) is 5.02 Å². The lowest BCUT2D eigenvalue weighted by atomic mass is 10.1. The maximum absolute atomic E-state index is 12.1. The van der Waals surface area contributed by atoms with Crippen molar-refractivity contribution in [2.24, 2.45) is 4.99 Å². The van der Waals surface area contributed by atoms with E-state index in [0.717, 1.165) is 35.9 Å². The van der Waals surface area contributed by atoms with Crippen molar-refractivity contribution in [3.8, 4) is 0 Å². The molecule has 2 rings (SSSR count). The summed E-state index contributed by atoms with van der Waals surface area (Å²) in [4.78, 5) is 16.3. The minimum absolute atomic E-state index is 0.0391. The van der Waals surface area contributed by atoms with Gasteiger partial charge in [-0.3, -0.25) is 9.79 Å². The van der Waals surface area contributed by atoms with Crippen molar-refractivity contribution in [3.05, 3.63) is 70.2 Å². The summed E-state index contributed by atoms with van der Waals surface area (Å²) in [5.41, 5.74) is 2.87. The fourth-order valence-electron chi connectivity index (χ4n) is 2.59. The number of hydrogen-bond donors (Lipinski definition) is 3. The molecule has 27 heavy (non-hydrogen) atoms. The summed E-state index contributed by atoms with van der Waals surface area (Å²) in [7, 11) is 1.74. The summed E-state index contributed by atoms with van der Waals surface area (Å²) >= 11 is 6.01. The molecule has 144 valence electrons. The molecule has 1 amide bonds. The Morgan fingerprint density at radius 1 is 1.00 bits per heavy atom. The van der Waals surface area contributed by atoms with Crippen LogP contribution in [0.1, 0.15) is 34.8 Å². The molecule has 0 aromatic heterocycles. The Labute approximate surface area is 166 Å². The average Bonchev–Trinajstić information content (AvgIpc) is 2.69. The predicted molar refractivity (Wildman–Crippen MR) is 112 cm³/mol. The van der Waals surface area contributed by atoms with Gasteiger partial charge in [0.05, 0.1) is 0 Å². The Balaban J connectivity index is 1.82. The molecule has 6 heteroatoms. The van der Waals surface area contributed by atoms with Crippen LogP contribution in [-0.2, 0) is 13.0 Å². The molecule has 3 N–H and O–H groups in total. The molecule has 0 bridgehead atoms. The molecule has 0 saturated heterocycles. The molecule has 0 radical (unpaired) electrons. The van der Waals surface area contributed by atoms with Crippen molar-refractivity contribution >= 4 is 23.5 Å². The minimum atomic E-state index is -0.0391. The van der Waals surface area contributed by atoms with Crippen molar-refractivity contribution in [3.63, 3.8) is 0 Å². The first-order valence-corrected chi connectivity index (χ1v) is 9.56. The summed E-state index contributed by atoms with van der Waals surface area (Å²) in [5.74, 6) is 0.681. The number of carbonyl (C=O) groups excluding carboxylic acids is 1. The second-order valence-corrected chi connectivity index (χ2v) is 6.63. The molecule has 2 aromatic carbocycles. The number of benzene rings is 2. The number of guanidine groups is 1. The Kier molecular flexibility index (Phi) is 8.65. The van der Waals surface area contributed by atoms with E-state index in [0.29, 0.717) is 18.7 Å². The molecule has 0 unspecified atom stereocenters. The van der Waals surface area contributed by atoms with Gasteiger partial charge in [0.25, 0.3) is 5.91 Å². The summed E-state index contributed by atoms with van der Waals surface area (Å²) in [6.45, 7) is 4.06. The molecule has 5 nitrogen and oxygen atoms in total. The van der Waals surface area contributed by atoms with Crippen LogP contribution in [0.3, 0.4) is 0 Å². The summed E-state index contributed by atoms with van der Waals surface area (Å²) in [5, 5.41) is 10.2. The van der Waals surface area contributed by atoms with E-state index in [4.69, 9.17) is 11.6 Å². The van der Waals surface area contributed by atoms with Gasteiger partial charge in [0.1, 0.15) is 0 Å². The standard InChI is InChI=1S/C21H27ClN4O/c1-3-11-24-20(27)18-8-4-7-17(13-18)15-26-21(23-2)25-12-10-16-6-5-9-19(22)14-16/h4-9,13-14H,3,10-12,15H2,1-2H3,(H,24,27)(H2,23,25,26). The molecule has 0 fully saturated rings. The smallest absolute Gasteiger partial charge is 0.251 e. The highest BCUT2D eigenvalue weighted by molar-refractivity contribution is 6.30. The fraction of sp³-hybridized carbons (Fsp3) is 0.333. The van der Waals surface area contributed by atoms with Gasteiger partial charge in [-0.05, 0) is 48.2 Å². The van der Waals surface area contributed by atoms with E-state index in [2.05, 4.69) is 27.0 Å². The Morgan fingerprint density at radius 2 is 1.78 bits per heavy atom.